The predicted octanol–water partition coefficient (Wildman–Crippen LogP) is 3.22. The van der Waals surface area contributed by atoms with Crippen LogP contribution < -0.4 is 5.32 Å². The van der Waals surface area contributed by atoms with E-state index in [0.29, 0.717) is 11.3 Å². The van der Waals surface area contributed by atoms with Gasteiger partial charge in [-0.2, -0.15) is 0 Å². The second-order valence-corrected chi connectivity index (χ2v) is 8.98. The summed E-state index contributed by atoms with van der Waals surface area (Å²) >= 11 is 0. The Morgan fingerprint density at radius 2 is 1.96 bits per heavy atom. The van der Waals surface area contributed by atoms with E-state index in [1.807, 2.05) is 6.08 Å². The van der Waals surface area contributed by atoms with E-state index in [1.165, 1.54) is 45.6 Å². The van der Waals surface area contributed by atoms with Gasteiger partial charge >= 0.3 is 5.97 Å². The maximum Gasteiger partial charge on any atom is 0.343 e. The molecule has 3 aliphatic carbocycles. The molecule has 1 N–H and O–H groups in total. The Balaban J connectivity index is 1.71. The van der Waals surface area contributed by atoms with Crippen LogP contribution in [0.15, 0.2) is 11.6 Å². The summed E-state index contributed by atoms with van der Waals surface area (Å²) in [7, 11) is 1.35. The third-order valence-electron chi connectivity index (χ3n) is 7.97. The number of ether oxygens (including phenoxy) is 1. The van der Waals surface area contributed by atoms with E-state index in [9.17, 15) is 9.59 Å². The topological polar surface area (TPSA) is 55.4 Å². The lowest BCUT2D eigenvalue weighted by Crippen LogP contribution is -2.60. The first-order valence-corrected chi connectivity index (χ1v) is 9.51. The predicted molar refractivity (Wildman–Crippen MR) is 91.0 cm³/mol. The lowest BCUT2D eigenvalue weighted by Gasteiger charge is -2.58. The smallest absolute Gasteiger partial charge is 0.343 e. The molecular formula is C20H29NO3. The summed E-state index contributed by atoms with van der Waals surface area (Å²) in [4.78, 5) is 24.3. The molecule has 0 aromatic heterocycles. The average molecular weight is 331 g/mol. The van der Waals surface area contributed by atoms with Crippen molar-refractivity contribution in [2.75, 3.05) is 7.11 Å². The van der Waals surface area contributed by atoms with Gasteiger partial charge in [0, 0.05) is 11.5 Å². The Hall–Kier alpha value is -1.32. The van der Waals surface area contributed by atoms with E-state index in [4.69, 9.17) is 4.74 Å². The van der Waals surface area contributed by atoms with Crippen LogP contribution in [0.5, 0.6) is 0 Å². The van der Waals surface area contributed by atoms with Gasteiger partial charge in [0.15, 0.2) is 0 Å². The van der Waals surface area contributed by atoms with Gasteiger partial charge < -0.3 is 10.1 Å². The van der Waals surface area contributed by atoms with Crippen molar-refractivity contribution in [1.82, 2.24) is 5.32 Å². The van der Waals surface area contributed by atoms with Gasteiger partial charge in [-0.25, -0.2) is 4.79 Å². The minimum absolute atomic E-state index is 0.121. The maximum atomic E-state index is 12.3. The summed E-state index contributed by atoms with van der Waals surface area (Å²) in [6, 6.07) is 0.158. The number of hydrogen-bond acceptors (Lipinski definition) is 3. The van der Waals surface area contributed by atoms with E-state index >= 15 is 0 Å². The molecule has 0 aromatic rings. The Bertz CT molecular complexity index is 612. The number of carbonyl (C=O) groups excluding carboxylic acids is 2. The number of nitrogens with one attached hydrogen (secondary N) is 1. The lowest BCUT2D eigenvalue weighted by molar-refractivity contribution is -0.139. The van der Waals surface area contributed by atoms with Crippen molar-refractivity contribution in [3.05, 3.63) is 11.6 Å². The molecule has 132 valence electrons. The fraction of sp³-hybridized carbons (Fsp3) is 0.800. The van der Waals surface area contributed by atoms with E-state index in [-0.39, 0.29) is 22.9 Å². The Labute approximate surface area is 144 Å². The van der Waals surface area contributed by atoms with Gasteiger partial charge in [-0.1, -0.05) is 26.3 Å². The van der Waals surface area contributed by atoms with Crippen molar-refractivity contribution in [1.29, 1.82) is 0 Å². The molecule has 4 rings (SSSR count). The molecule has 1 aliphatic heterocycles. The molecule has 1 amide bonds. The molecule has 24 heavy (non-hydrogen) atoms. The number of amides is 1. The quantitative estimate of drug-likeness (QED) is 0.593. The van der Waals surface area contributed by atoms with Crippen LogP contribution in [0.3, 0.4) is 0 Å². The summed E-state index contributed by atoms with van der Waals surface area (Å²) in [5.41, 5.74) is 0.609. The zero-order valence-electron chi connectivity index (χ0n) is 15.1. The van der Waals surface area contributed by atoms with Crippen LogP contribution in [0.4, 0.5) is 0 Å². The van der Waals surface area contributed by atoms with Crippen molar-refractivity contribution in [2.45, 2.75) is 64.8 Å². The van der Waals surface area contributed by atoms with Crippen LogP contribution >= 0.6 is 0 Å². The number of fused-ring (bicyclic) bond motifs is 5. The number of esters is 1. The van der Waals surface area contributed by atoms with Crippen LogP contribution in [0.1, 0.15) is 58.8 Å². The van der Waals surface area contributed by atoms with Crippen LogP contribution in [-0.4, -0.2) is 25.0 Å². The van der Waals surface area contributed by atoms with E-state index < -0.39 is 5.97 Å². The van der Waals surface area contributed by atoms with Crippen LogP contribution in [-0.2, 0) is 14.3 Å². The molecule has 3 saturated carbocycles. The number of rotatable bonds is 1. The minimum atomic E-state index is -0.504. The lowest BCUT2D eigenvalue weighted by atomic mass is 9.48. The van der Waals surface area contributed by atoms with E-state index in [1.54, 1.807) is 0 Å². The van der Waals surface area contributed by atoms with Gasteiger partial charge in [-0.05, 0) is 61.7 Å². The van der Waals surface area contributed by atoms with Crippen molar-refractivity contribution >= 4 is 11.9 Å². The van der Waals surface area contributed by atoms with Crippen molar-refractivity contribution in [3.63, 3.8) is 0 Å². The molecule has 0 spiro atoms. The molecule has 0 saturated heterocycles. The molecule has 0 bridgehead atoms. The number of methoxy groups -OCH3 is 1. The Morgan fingerprint density at radius 1 is 1.17 bits per heavy atom. The molecule has 4 nitrogen and oxygen atoms in total. The molecule has 6 atom stereocenters. The van der Waals surface area contributed by atoms with Gasteiger partial charge in [0.05, 0.1) is 7.11 Å². The summed E-state index contributed by atoms with van der Waals surface area (Å²) in [5, 5.41) is 3.12. The highest BCUT2D eigenvalue weighted by atomic mass is 16.5. The van der Waals surface area contributed by atoms with Gasteiger partial charge in [-0.15, -0.1) is 0 Å². The van der Waals surface area contributed by atoms with E-state index in [2.05, 4.69) is 19.2 Å². The Morgan fingerprint density at radius 3 is 2.71 bits per heavy atom. The van der Waals surface area contributed by atoms with Crippen LogP contribution in [0.2, 0.25) is 0 Å². The summed E-state index contributed by atoms with van der Waals surface area (Å²) in [6.07, 6.45) is 10.8. The SMILES string of the molecule is COC(=O)C1=C[C@@]2(C)[C@@H](CC[C@H]3[C@@H]4CCC[C@@]4(C)CC[C@@H]32)NC1=O. The number of carbonyl (C=O) groups is 2. The third-order valence-corrected chi connectivity index (χ3v) is 7.97. The molecule has 1 heterocycles. The zero-order valence-corrected chi connectivity index (χ0v) is 15.1. The minimum Gasteiger partial charge on any atom is -0.465 e. The molecule has 4 heteroatoms. The first-order chi connectivity index (χ1) is 11.4. The summed E-state index contributed by atoms with van der Waals surface area (Å²) in [5.74, 6) is 1.35. The molecule has 0 aromatic carbocycles. The van der Waals surface area contributed by atoms with Gasteiger partial charge in [-0.3, -0.25) is 4.79 Å². The van der Waals surface area contributed by atoms with E-state index in [0.717, 1.165) is 18.3 Å². The second-order valence-electron chi connectivity index (χ2n) is 8.98. The third kappa shape index (κ3) is 2.11. The molecule has 0 radical (unpaired) electrons. The fourth-order valence-corrected chi connectivity index (χ4v) is 6.69. The van der Waals surface area contributed by atoms with Crippen LogP contribution in [0.25, 0.3) is 0 Å². The van der Waals surface area contributed by atoms with Crippen LogP contribution in [0, 0.1) is 28.6 Å². The highest BCUT2D eigenvalue weighted by Gasteiger charge is 2.58. The first kappa shape index (κ1) is 16.2. The van der Waals surface area contributed by atoms with Gasteiger partial charge in [0.2, 0.25) is 0 Å². The molecule has 3 fully saturated rings. The normalized spacial score (nSPS) is 47.0. The molecule has 4 aliphatic rings. The summed E-state index contributed by atoms with van der Waals surface area (Å²) in [6.45, 7) is 4.75. The fourth-order valence-electron chi connectivity index (χ4n) is 6.69. The van der Waals surface area contributed by atoms with Gasteiger partial charge in [0.1, 0.15) is 5.57 Å². The first-order valence-electron chi connectivity index (χ1n) is 9.51. The average Bonchev–Trinajstić information content (AvgIpc) is 2.96. The van der Waals surface area contributed by atoms with Crippen molar-refractivity contribution in [2.24, 2.45) is 28.6 Å². The Kier molecular flexibility index (Phi) is 3.59. The summed E-state index contributed by atoms with van der Waals surface area (Å²) < 4.78 is 4.84. The van der Waals surface area contributed by atoms with Crippen molar-refractivity contribution in [3.8, 4) is 0 Å². The largest absolute Gasteiger partial charge is 0.465 e. The second kappa shape index (κ2) is 5.34. The standard InChI is InChI=1S/C20H29NO3/c1-19-9-4-5-14(19)12-6-7-16-20(2,15(12)8-10-19)11-13(17(22)21-16)18(23)24-3/h11-12,14-16H,4-10H2,1-3H3,(H,21,22)/t12-,14-,15-,16+,19-,20+/m0/s1. The monoisotopic (exact) mass is 331 g/mol. The zero-order chi connectivity index (χ0) is 17.1. The maximum absolute atomic E-state index is 12.3. The van der Waals surface area contributed by atoms with Crippen molar-refractivity contribution < 1.29 is 14.3 Å². The molecule has 0 unspecified atom stereocenters. The van der Waals surface area contributed by atoms with Gasteiger partial charge in [0.25, 0.3) is 5.91 Å². The molecular weight excluding hydrogens is 302 g/mol. The highest BCUT2D eigenvalue weighted by molar-refractivity contribution is 6.17. The number of hydrogen-bond donors (Lipinski definition) is 1. The highest BCUT2D eigenvalue weighted by Crippen LogP contribution is 2.63.